The van der Waals surface area contributed by atoms with Gasteiger partial charge in [-0.05, 0) is 58.8 Å². The smallest absolute Gasteiger partial charge is 0.0494 e. The van der Waals surface area contributed by atoms with Gasteiger partial charge in [0.05, 0.1) is 0 Å². The van der Waals surface area contributed by atoms with Gasteiger partial charge in [-0.1, -0.05) is 30.3 Å². The average molecular weight is 333 g/mol. The number of fused-ring (bicyclic) bond motifs is 1. The summed E-state index contributed by atoms with van der Waals surface area (Å²) in [5.41, 5.74) is 5.00. The number of benzene rings is 2. The molecule has 2 aromatic carbocycles. The molecule has 3 aromatic rings. The Morgan fingerprint density at radius 1 is 1.00 bits per heavy atom. The first kappa shape index (κ1) is 10.8. The van der Waals surface area contributed by atoms with Crippen LogP contribution in [0.5, 0.6) is 0 Å². The molecule has 1 nitrogen and oxygen atoms in total. The van der Waals surface area contributed by atoms with E-state index in [2.05, 4.69) is 77.0 Å². The second-order valence-corrected chi connectivity index (χ2v) is 5.43. The van der Waals surface area contributed by atoms with Crippen LogP contribution < -0.4 is 0 Å². The van der Waals surface area contributed by atoms with E-state index in [1.165, 1.54) is 31.3 Å². The minimum atomic E-state index is 1.21. The summed E-state index contributed by atoms with van der Waals surface area (Å²) >= 11 is 2.35. The lowest BCUT2D eigenvalue weighted by Crippen LogP contribution is -1.78. The topological polar surface area (TPSA) is 15.8 Å². The zero-order valence-corrected chi connectivity index (χ0v) is 11.7. The van der Waals surface area contributed by atoms with Gasteiger partial charge in [0.15, 0.2) is 0 Å². The summed E-state index contributed by atoms with van der Waals surface area (Å²) in [6.07, 6.45) is 0. The normalized spacial score (nSPS) is 10.9. The van der Waals surface area contributed by atoms with Crippen molar-refractivity contribution in [2.75, 3.05) is 0 Å². The Hall–Kier alpha value is -1.29. The van der Waals surface area contributed by atoms with E-state index in [0.29, 0.717) is 0 Å². The molecule has 0 aliphatic carbocycles. The number of aromatic nitrogens is 1. The molecule has 3 rings (SSSR count). The van der Waals surface area contributed by atoms with E-state index in [1.807, 2.05) is 6.07 Å². The molecule has 0 saturated carbocycles. The van der Waals surface area contributed by atoms with Gasteiger partial charge in [-0.2, -0.15) is 0 Å². The first-order valence-electron chi connectivity index (χ1n) is 5.59. The van der Waals surface area contributed by atoms with Gasteiger partial charge in [0.25, 0.3) is 0 Å². The number of aryl methyl sites for hydroxylation is 1. The summed E-state index contributed by atoms with van der Waals surface area (Å²) in [6.45, 7) is 2.18. The van der Waals surface area contributed by atoms with Crippen LogP contribution in [0.3, 0.4) is 0 Å². The van der Waals surface area contributed by atoms with Gasteiger partial charge in [0, 0.05) is 20.2 Å². The van der Waals surface area contributed by atoms with Crippen molar-refractivity contribution in [1.29, 1.82) is 0 Å². The average Bonchev–Trinajstić information content (AvgIpc) is 2.68. The van der Waals surface area contributed by atoms with Crippen molar-refractivity contribution in [3.8, 4) is 11.3 Å². The first-order chi connectivity index (χ1) is 8.25. The fourth-order valence-electron chi connectivity index (χ4n) is 2.19. The molecule has 0 spiro atoms. The minimum absolute atomic E-state index is 1.21. The molecular formula is C15H12IN. The number of nitrogens with one attached hydrogen (secondary N) is 1. The number of H-pyrrole nitrogens is 1. The zero-order valence-electron chi connectivity index (χ0n) is 9.50. The monoisotopic (exact) mass is 333 g/mol. The Kier molecular flexibility index (Phi) is 2.67. The van der Waals surface area contributed by atoms with E-state index in [-0.39, 0.29) is 0 Å². The van der Waals surface area contributed by atoms with Crippen molar-refractivity contribution in [3.05, 3.63) is 57.7 Å². The quantitative estimate of drug-likeness (QED) is 0.619. The predicted molar refractivity (Wildman–Crippen MR) is 81.2 cm³/mol. The molecular weight excluding hydrogens is 321 g/mol. The van der Waals surface area contributed by atoms with Crippen LogP contribution in [0.25, 0.3) is 22.2 Å². The Morgan fingerprint density at radius 3 is 2.53 bits per heavy atom. The second kappa shape index (κ2) is 4.18. The minimum Gasteiger partial charge on any atom is -0.354 e. The fourth-order valence-corrected chi connectivity index (χ4v) is 2.68. The summed E-state index contributed by atoms with van der Waals surface area (Å²) in [5, 5.41) is 1.32. The molecule has 0 unspecified atom stereocenters. The SMILES string of the molecule is Cc1c(-c2ccccc2)[nH]c2ccc(I)cc12. The molecule has 0 aliphatic rings. The molecule has 0 bridgehead atoms. The van der Waals surface area contributed by atoms with E-state index in [4.69, 9.17) is 0 Å². The highest BCUT2D eigenvalue weighted by Crippen LogP contribution is 2.30. The molecule has 0 radical (unpaired) electrons. The Balaban J connectivity index is 2.28. The number of hydrogen-bond acceptors (Lipinski definition) is 0. The van der Waals surface area contributed by atoms with Crippen LogP contribution >= 0.6 is 22.6 Å². The maximum absolute atomic E-state index is 3.50. The van der Waals surface area contributed by atoms with Crippen LogP contribution in [-0.2, 0) is 0 Å². The maximum atomic E-state index is 3.50. The van der Waals surface area contributed by atoms with Gasteiger partial charge >= 0.3 is 0 Å². The van der Waals surface area contributed by atoms with Crippen LogP contribution in [-0.4, -0.2) is 4.98 Å². The lowest BCUT2D eigenvalue weighted by molar-refractivity contribution is 1.41. The van der Waals surface area contributed by atoms with Gasteiger partial charge in [-0.3, -0.25) is 0 Å². The number of halogens is 1. The highest BCUT2D eigenvalue weighted by atomic mass is 127. The molecule has 17 heavy (non-hydrogen) atoms. The largest absolute Gasteiger partial charge is 0.354 e. The summed E-state index contributed by atoms with van der Waals surface area (Å²) in [7, 11) is 0. The van der Waals surface area contributed by atoms with Crippen molar-refractivity contribution >= 4 is 33.5 Å². The van der Waals surface area contributed by atoms with Crippen LogP contribution in [0, 0.1) is 10.5 Å². The molecule has 0 fully saturated rings. The second-order valence-electron chi connectivity index (χ2n) is 4.18. The van der Waals surface area contributed by atoms with Crippen molar-refractivity contribution in [2.45, 2.75) is 6.92 Å². The molecule has 1 heterocycles. The highest BCUT2D eigenvalue weighted by molar-refractivity contribution is 14.1. The van der Waals surface area contributed by atoms with Crippen molar-refractivity contribution in [3.63, 3.8) is 0 Å². The zero-order chi connectivity index (χ0) is 11.8. The van der Waals surface area contributed by atoms with Crippen LogP contribution in [0.1, 0.15) is 5.56 Å². The Morgan fingerprint density at radius 2 is 1.76 bits per heavy atom. The molecule has 1 N–H and O–H groups in total. The van der Waals surface area contributed by atoms with Crippen LogP contribution in [0.4, 0.5) is 0 Å². The molecule has 0 amide bonds. The van der Waals surface area contributed by atoms with E-state index >= 15 is 0 Å². The maximum Gasteiger partial charge on any atom is 0.0494 e. The van der Waals surface area contributed by atoms with Gasteiger partial charge in [0.2, 0.25) is 0 Å². The van der Waals surface area contributed by atoms with Gasteiger partial charge < -0.3 is 4.98 Å². The third kappa shape index (κ3) is 1.86. The molecule has 84 valence electrons. The molecule has 0 saturated heterocycles. The summed E-state index contributed by atoms with van der Waals surface area (Å²) in [4.78, 5) is 3.50. The summed E-state index contributed by atoms with van der Waals surface area (Å²) < 4.78 is 1.27. The lowest BCUT2D eigenvalue weighted by Gasteiger charge is -1.99. The Labute approximate surface area is 114 Å². The fraction of sp³-hybridized carbons (Fsp3) is 0.0667. The predicted octanol–water partition coefficient (Wildman–Crippen LogP) is 4.75. The third-order valence-corrected chi connectivity index (χ3v) is 3.75. The number of hydrogen-bond donors (Lipinski definition) is 1. The van der Waals surface area contributed by atoms with Crippen molar-refractivity contribution in [1.82, 2.24) is 4.98 Å². The van der Waals surface area contributed by atoms with E-state index in [0.717, 1.165) is 0 Å². The molecule has 0 atom stereocenters. The van der Waals surface area contributed by atoms with Crippen LogP contribution in [0.15, 0.2) is 48.5 Å². The van der Waals surface area contributed by atoms with E-state index < -0.39 is 0 Å². The molecule has 1 aromatic heterocycles. The number of rotatable bonds is 1. The summed E-state index contributed by atoms with van der Waals surface area (Å²) in [5.74, 6) is 0. The lowest BCUT2D eigenvalue weighted by atomic mass is 10.1. The van der Waals surface area contributed by atoms with Crippen molar-refractivity contribution < 1.29 is 0 Å². The van der Waals surface area contributed by atoms with Gasteiger partial charge in [0.1, 0.15) is 0 Å². The summed E-state index contributed by atoms with van der Waals surface area (Å²) in [6, 6.07) is 17.0. The van der Waals surface area contributed by atoms with E-state index in [1.54, 1.807) is 0 Å². The van der Waals surface area contributed by atoms with Gasteiger partial charge in [-0.15, -0.1) is 0 Å². The number of aromatic amines is 1. The molecule has 0 aliphatic heterocycles. The third-order valence-electron chi connectivity index (χ3n) is 3.08. The van der Waals surface area contributed by atoms with Crippen molar-refractivity contribution in [2.24, 2.45) is 0 Å². The van der Waals surface area contributed by atoms with Gasteiger partial charge in [-0.25, -0.2) is 0 Å². The standard InChI is InChI=1S/C15H12IN/c1-10-13-9-12(16)7-8-14(13)17-15(10)11-5-3-2-4-6-11/h2-9,17H,1H3. The Bertz CT molecular complexity index is 668. The molecule has 2 heteroatoms. The van der Waals surface area contributed by atoms with Crippen LogP contribution in [0.2, 0.25) is 0 Å². The van der Waals surface area contributed by atoms with E-state index in [9.17, 15) is 0 Å². The highest BCUT2D eigenvalue weighted by Gasteiger charge is 2.08. The first-order valence-corrected chi connectivity index (χ1v) is 6.67.